The van der Waals surface area contributed by atoms with Gasteiger partial charge in [0.05, 0.1) is 20.5 Å². The molecule has 1 aliphatic rings. The first-order valence-corrected chi connectivity index (χ1v) is 10.5. The molecule has 8 heteroatoms. The highest BCUT2D eigenvalue weighted by molar-refractivity contribution is 5.90. The number of rotatable bonds is 8. The van der Waals surface area contributed by atoms with Gasteiger partial charge in [0, 0.05) is 18.7 Å². The highest BCUT2D eigenvalue weighted by Gasteiger charge is 2.25. The van der Waals surface area contributed by atoms with Gasteiger partial charge in [-0.2, -0.15) is 0 Å². The Hall–Kier alpha value is -3.94. The van der Waals surface area contributed by atoms with Gasteiger partial charge in [0.2, 0.25) is 5.76 Å². The average Bonchev–Trinajstić information content (AvgIpc) is 3.34. The van der Waals surface area contributed by atoms with Crippen molar-refractivity contribution in [1.29, 1.82) is 0 Å². The molecule has 33 heavy (non-hydrogen) atoms. The van der Waals surface area contributed by atoms with Gasteiger partial charge in [-0.3, -0.25) is 4.79 Å². The molecule has 0 saturated heterocycles. The van der Waals surface area contributed by atoms with E-state index in [0.29, 0.717) is 42.3 Å². The van der Waals surface area contributed by atoms with Gasteiger partial charge in [-0.05, 0) is 47.9 Å². The third kappa shape index (κ3) is 5.11. The molecule has 0 atom stereocenters. The van der Waals surface area contributed by atoms with Crippen LogP contribution in [0.15, 0.2) is 59.2 Å². The fourth-order valence-electron chi connectivity index (χ4n) is 3.69. The Balaban J connectivity index is 1.33. The molecule has 0 unspecified atom stereocenters. The highest BCUT2D eigenvalue weighted by Crippen LogP contribution is 2.33. The lowest BCUT2D eigenvalue weighted by Crippen LogP contribution is -2.38. The second-order valence-corrected chi connectivity index (χ2v) is 7.49. The second kappa shape index (κ2) is 10.1. The maximum Gasteiger partial charge on any atom is 0.375 e. The first-order valence-electron chi connectivity index (χ1n) is 10.5. The van der Waals surface area contributed by atoms with Gasteiger partial charge in [0.15, 0.2) is 18.1 Å². The van der Waals surface area contributed by atoms with Gasteiger partial charge in [0.25, 0.3) is 5.91 Å². The number of nitrogens with zero attached hydrogens (tertiary/aromatic N) is 1. The maximum atomic E-state index is 12.7. The van der Waals surface area contributed by atoms with Crippen LogP contribution in [0.3, 0.4) is 0 Å². The van der Waals surface area contributed by atoms with Gasteiger partial charge in [-0.1, -0.05) is 18.2 Å². The summed E-state index contributed by atoms with van der Waals surface area (Å²) in [7, 11) is 3.17. The van der Waals surface area contributed by atoms with Crippen LogP contribution in [0.1, 0.15) is 27.2 Å². The van der Waals surface area contributed by atoms with Crippen molar-refractivity contribution in [2.75, 3.05) is 27.4 Å². The number of carbonyl (C=O) groups is 2. The van der Waals surface area contributed by atoms with E-state index in [-0.39, 0.29) is 24.9 Å². The number of amides is 1. The fourth-order valence-corrected chi connectivity index (χ4v) is 3.69. The molecule has 1 aromatic heterocycles. The summed E-state index contributed by atoms with van der Waals surface area (Å²) < 4.78 is 26.9. The topological polar surface area (TPSA) is 87.4 Å². The number of para-hydroxylation sites is 1. The Bertz CT molecular complexity index is 1120. The first kappa shape index (κ1) is 22.3. The number of ether oxygens (including phenoxy) is 4. The van der Waals surface area contributed by atoms with E-state index in [2.05, 4.69) is 0 Å². The Morgan fingerprint density at radius 3 is 2.45 bits per heavy atom. The van der Waals surface area contributed by atoms with Gasteiger partial charge in [-0.15, -0.1) is 0 Å². The van der Waals surface area contributed by atoms with E-state index >= 15 is 0 Å². The highest BCUT2D eigenvalue weighted by atomic mass is 16.5. The predicted molar refractivity (Wildman–Crippen MR) is 118 cm³/mol. The third-order valence-corrected chi connectivity index (χ3v) is 5.47. The van der Waals surface area contributed by atoms with Gasteiger partial charge in [-0.25, -0.2) is 4.79 Å². The van der Waals surface area contributed by atoms with Crippen LogP contribution in [0, 0.1) is 0 Å². The molecule has 0 radical (unpaired) electrons. The molecule has 0 bridgehead atoms. The Morgan fingerprint density at radius 1 is 1.00 bits per heavy atom. The van der Waals surface area contributed by atoms with Crippen LogP contribution in [0.4, 0.5) is 0 Å². The van der Waals surface area contributed by atoms with E-state index in [1.807, 2.05) is 42.5 Å². The van der Waals surface area contributed by atoms with E-state index in [0.717, 1.165) is 11.1 Å². The van der Waals surface area contributed by atoms with Crippen molar-refractivity contribution in [3.63, 3.8) is 0 Å². The van der Waals surface area contributed by atoms with E-state index in [1.165, 1.54) is 6.26 Å². The molecule has 4 rings (SSSR count). The van der Waals surface area contributed by atoms with E-state index in [4.69, 9.17) is 23.4 Å². The normalized spacial score (nSPS) is 12.6. The lowest BCUT2D eigenvalue weighted by Gasteiger charge is -2.29. The summed E-state index contributed by atoms with van der Waals surface area (Å²) in [5.74, 6) is 0.990. The number of benzene rings is 2. The van der Waals surface area contributed by atoms with Crippen molar-refractivity contribution in [2.45, 2.75) is 19.6 Å². The van der Waals surface area contributed by atoms with Crippen LogP contribution in [0.5, 0.6) is 17.2 Å². The molecule has 0 spiro atoms. The summed E-state index contributed by atoms with van der Waals surface area (Å²) in [4.78, 5) is 26.9. The molecule has 172 valence electrons. The Kier molecular flexibility index (Phi) is 6.83. The minimum absolute atomic E-state index is 0.0274. The van der Waals surface area contributed by atoms with E-state index in [1.54, 1.807) is 25.2 Å². The third-order valence-electron chi connectivity index (χ3n) is 5.47. The largest absolute Gasteiger partial charge is 0.493 e. The van der Waals surface area contributed by atoms with Crippen LogP contribution in [-0.4, -0.2) is 44.1 Å². The number of esters is 1. The van der Waals surface area contributed by atoms with Crippen LogP contribution < -0.4 is 14.2 Å². The van der Waals surface area contributed by atoms with Gasteiger partial charge >= 0.3 is 5.97 Å². The summed E-state index contributed by atoms with van der Waals surface area (Å²) in [5.41, 5.74) is 2.63. The number of furan rings is 1. The molecule has 2 heterocycles. The lowest BCUT2D eigenvalue weighted by atomic mass is 9.99. The molecule has 0 saturated carbocycles. The Morgan fingerprint density at radius 2 is 1.73 bits per heavy atom. The number of carbonyl (C=O) groups excluding carboxylic acids is 2. The monoisotopic (exact) mass is 451 g/mol. The first-order chi connectivity index (χ1) is 16.1. The number of hydrogen-bond donors (Lipinski definition) is 0. The van der Waals surface area contributed by atoms with Crippen LogP contribution in [-0.2, 0) is 29.1 Å². The standard InChI is InChI=1S/C25H25NO7/c1-29-21-12-17-8-10-26(14-19(17)13-22(21)30-2)23(27)16-33-25(28)24-18(9-11-31-24)15-32-20-6-4-3-5-7-20/h3-7,9,11-13H,8,10,14-16H2,1-2H3. The van der Waals surface area contributed by atoms with Crippen molar-refractivity contribution in [3.8, 4) is 17.2 Å². The molecule has 8 nitrogen and oxygen atoms in total. The molecule has 0 aliphatic carbocycles. The zero-order valence-electron chi connectivity index (χ0n) is 18.5. The number of hydrogen-bond acceptors (Lipinski definition) is 7. The summed E-state index contributed by atoms with van der Waals surface area (Å²) in [6.07, 6.45) is 2.07. The lowest BCUT2D eigenvalue weighted by molar-refractivity contribution is -0.135. The van der Waals surface area contributed by atoms with Crippen LogP contribution >= 0.6 is 0 Å². The molecule has 1 amide bonds. The van der Waals surface area contributed by atoms with Crippen LogP contribution in [0.25, 0.3) is 0 Å². The minimum atomic E-state index is -0.705. The number of methoxy groups -OCH3 is 2. The van der Waals surface area contributed by atoms with Crippen molar-refractivity contribution in [1.82, 2.24) is 4.90 Å². The summed E-state index contributed by atoms with van der Waals surface area (Å²) in [5, 5.41) is 0. The van der Waals surface area contributed by atoms with E-state index in [9.17, 15) is 9.59 Å². The SMILES string of the molecule is COc1cc2c(cc1OC)CN(C(=O)COC(=O)c1occc1COc1ccccc1)CC2. The average molecular weight is 451 g/mol. The summed E-state index contributed by atoms with van der Waals surface area (Å²) in [6.45, 7) is 0.701. The zero-order valence-corrected chi connectivity index (χ0v) is 18.5. The number of fused-ring (bicyclic) bond motifs is 1. The van der Waals surface area contributed by atoms with Crippen molar-refractivity contribution < 1.29 is 33.0 Å². The quantitative estimate of drug-likeness (QED) is 0.484. The smallest absolute Gasteiger partial charge is 0.375 e. The molecule has 0 fully saturated rings. The molecule has 2 aromatic carbocycles. The minimum Gasteiger partial charge on any atom is -0.493 e. The van der Waals surface area contributed by atoms with Crippen molar-refractivity contribution in [3.05, 3.63) is 77.2 Å². The predicted octanol–water partition coefficient (Wildman–Crippen LogP) is 3.62. The summed E-state index contributed by atoms with van der Waals surface area (Å²) in [6, 6.07) is 14.7. The Labute approximate surface area is 191 Å². The van der Waals surface area contributed by atoms with Crippen LogP contribution in [0.2, 0.25) is 0 Å². The maximum absolute atomic E-state index is 12.7. The van der Waals surface area contributed by atoms with Crippen molar-refractivity contribution in [2.24, 2.45) is 0 Å². The molecular formula is C25H25NO7. The van der Waals surface area contributed by atoms with Gasteiger partial charge < -0.3 is 28.3 Å². The molecule has 1 aliphatic heterocycles. The molecule has 0 N–H and O–H groups in total. The fraction of sp³-hybridized carbons (Fsp3) is 0.280. The molecular weight excluding hydrogens is 426 g/mol. The second-order valence-electron chi connectivity index (χ2n) is 7.49. The van der Waals surface area contributed by atoms with Crippen molar-refractivity contribution >= 4 is 11.9 Å². The molecule has 3 aromatic rings. The van der Waals surface area contributed by atoms with Gasteiger partial charge in [0.1, 0.15) is 12.4 Å². The summed E-state index contributed by atoms with van der Waals surface area (Å²) >= 11 is 0. The van der Waals surface area contributed by atoms with E-state index < -0.39 is 5.97 Å². The zero-order chi connectivity index (χ0) is 23.2.